The van der Waals surface area contributed by atoms with Gasteiger partial charge in [0.25, 0.3) is 0 Å². The summed E-state index contributed by atoms with van der Waals surface area (Å²) >= 11 is 3.30. The predicted octanol–water partition coefficient (Wildman–Crippen LogP) is 4.13. The third kappa shape index (κ3) is 3.57. The van der Waals surface area contributed by atoms with Crippen LogP contribution in [-0.4, -0.2) is 11.1 Å². The molecule has 0 aliphatic rings. The lowest BCUT2D eigenvalue weighted by molar-refractivity contribution is -0.138. The molecular weight excluding hydrogens is 325 g/mol. The van der Waals surface area contributed by atoms with Crippen LogP contribution in [-0.2, 0) is 4.79 Å². The van der Waals surface area contributed by atoms with Crippen LogP contribution in [0.25, 0.3) is 0 Å². The fraction of sp³-hybridized carbons (Fsp3) is 0.133. The zero-order valence-electron chi connectivity index (χ0n) is 10.7. The van der Waals surface area contributed by atoms with Crippen LogP contribution >= 0.6 is 15.9 Å². The normalized spacial score (nSPS) is 11.9. The largest absolute Gasteiger partial charge is 0.479 e. The van der Waals surface area contributed by atoms with Gasteiger partial charge in [-0.15, -0.1) is 0 Å². The molecular formula is C15H13BrFNO2. The van der Waals surface area contributed by atoms with Gasteiger partial charge in [0.15, 0.2) is 6.04 Å². The average Bonchev–Trinajstić information content (AvgIpc) is 2.36. The van der Waals surface area contributed by atoms with Crippen LogP contribution < -0.4 is 5.32 Å². The highest BCUT2D eigenvalue weighted by Crippen LogP contribution is 2.23. The molecule has 2 rings (SSSR count). The molecule has 0 bridgehead atoms. The Morgan fingerprint density at radius 2 is 1.90 bits per heavy atom. The number of anilines is 1. The molecule has 1 unspecified atom stereocenters. The minimum Gasteiger partial charge on any atom is -0.479 e. The highest BCUT2D eigenvalue weighted by Gasteiger charge is 2.19. The molecule has 0 heterocycles. The van der Waals surface area contributed by atoms with Crippen LogP contribution in [0.1, 0.15) is 17.2 Å². The van der Waals surface area contributed by atoms with Gasteiger partial charge in [0.05, 0.1) is 0 Å². The van der Waals surface area contributed by atoms with E-state index in [1.54, 1.807) is 37.3 Å². The number of carboxylic acid groups (broad SMARTS) is 1. The molecule has 104 valence electrons. The Hall–Kier alpha value is -1.88. The Labute approximate surface area is 124 Å². The van der Waals surface area contributed by atoms with Crippen molar-refractivity contribution in [2.24, 2.45) is 0 Å². The van der Waals surface area contributed by atoms with Gasteiger partial charge in [-0.1, -0.05) is 28.1 Å². The van der Waals surface area contributed by atoms with Crippen LogP contribution in [0.4, 0.5) is 10.1 Å². The van der Waals surface area contributed by atoms with Crippen molar-refractivity contribution in [2.45, 2.75) is 13.0 Å². The quantitative estimate of drug-likeness (QED) is 0.881. The van der Waals surface area contributed by atoms with Gasteiger partial charge in [-0.25, -0.2) is 9.18 Å². The first kappa shape index (κ1) is 14.5. The molecule has 0 aliphatic heterocycles. The molecule has 3 nitrogen and oxygen atoms in total. The van der Waals surface area contributed by atoms with Gasteiger partial charge in [-0.2, -0.15) is 0 Å². The summed E-state index contributed by atoms with van der Waals surface area (Å²) in [7, 11) is 0. The third-order valence-corrected chi connectivity index (χ3v) is 3.33. The number of carboxylic acids is 1. The number of aryl methyl sites for hydroxylation is 1. The predicted molar refractivity (Wildman–Crippen MR) is 79.3 cm³/mol. The minimum absolute atomic E-state index is 0.396. The van der Waals surface area contributed by atoms with Gasteiger partial charge in [0, 0.05) is 10.2 Å². The zero-order chi connectivity index (χ0) is 14.7. The highest BCUT2D eigenvalue weighted by molar-refractivity contribution is 9.10. The SMILES string of the molecule is Cc1cc(F)cc(NC(C(=O)O)c2ccc(Br)cc2)c1. The molecule has 2 N–H and O–H groups in total. The molecule has 0 saturated carbocycles. The third-order valence-electron chi connectivity index (χ3n) is 2.80. The van der Waals surface area contributed by atoms with Crippen LogP contribution in [0.2, 0.25) is 0 Å². The number of hydrogen-bond donors (Lipinski definition) is 2. The second kappa shape index (κ2) is 6.05. The van der Waals surface area contributed by atoms with Gasteiger partial charge in [0.1, 0.15) is 5.82 Å². The highest BCUT2D eigenvalue weighted by atomic mass is 79.9. The second-order valence-electron chi connectivity index (χ2n) is 4.48. The first-order chi connectivity index (χ1) is 9.45. The summed E-state index contributed by atoms with van der Waals surface area (Å²) in [4.78, 5) is 11.4. The van der Waals surface area contributed by atoms with Gasteiger partial charge >= 0.3 is 5.97 Å². The van der Waals surface area contributed by atoms with Crippen molar-refractivity contribution in [3.05, 3.63) is 63.9 Å². The number of carbonyl (C=O) groups is 1. The Bertz CT molecular complexity index is 608. The Morgan fingerprint density at radius 1 is 1.25 bits per heavy atom. The summed E-state index contributed by atoms with van der Waals surface area (Å²) in [5.74, 6) is -1.42. The lowest BCUT2D eigenvalue weighted by atomic mass is 10.1. The number of benzene rings is 2. The second-order valence-corrected chi connectivity index (χ2v) is 5.40. The zero-order valence-corrected chi connectivity index (χ0v) is 12.3. The fourth-order valence-corrected chi connectivity index (χ4v) is 2.19. The van der Waals surface area contributed by atoms with E-state index in [2.05, 4.69) is 21.2 Å². The monoisotopic (exact) mass is 337 g/mol. The molecule has 0 spiro atoms. The molecule has 20 heavy (non-hydrogen) atoms. The van der Waals surface area contributed by atoms with E-state index in [1.807, 2.05) is 0 Å². The van der Waals surface area contributed by atoms with Crippen molar-refractivity contribution in [3.63, 3.8) is 0 Å². The lowest BCUT2D eigenvalue weighted by Gasteiger charge is -2.16. The van der Waals surface area contributed by atoms with Gasteiger partial charge in [-0.3, -0.25) is 0 Å². The maximum Gasteiger partial charge on any atom is 0.330 e. The molecule has 0 saturated heterocycles. The average molecular weight is 338 g/mol. The Balaban J connectivity index is 2.30. The van der Waals surface area contributed by atoms with E-state index in [4.69, 9.17) is 0 Å². The van der Waals surface area contributed by atoms with Crippen LogP contribution in [0.5, 0.6) is 0 Å². The molecule has 0 aromatic heterocycles. The van der Waals surface area contributed by atoms with E-state index in [0.29, 0.717) is 11.3 Å². The van der Waals surface area contributed by atoms with Crippen molar-refractivity contribution in [2.75, 3.05) is 5.32 Å². The molecule has 0 radical (unpaired) electrons. The summed E-state index contributed by atoms with van der Waals surface area (Å²) in [5.41, 5.74) is 1.77. The smallest absolute Gasteiger partial charge is 0.330 e. The molecule has 5 heteroatoms. The number of nitrogens with one attached hydrogen (secondary N) is 1. The number of hydrogen-bond acceptors (Lipinski definition) is 2. The van der Waals surface area contributed by atoms with E-state index < -0.39 is 17.8 Å². The molecule has 0 aliphatic carbocycles. The number of halogens is 2. The van der Waals surface area contributed by atoms with E-state index in [-0.39, 0.29) is 0 Å². The van der Waals surface area contributed by atoms with Crippen LogP contribution in [0.15, 0.2) is 46.9 Å². The Morgan fingerprint density at radius 3 is 2.45 bits per heavy atom. The summed E-state index contributed by atoms with van der Waals surface area (Å²) in [6, 6.07) is 10.4. The first-order valence-corrected chi connectivity index (χ1v) is 6.77. The first-order valence-electron chi connectivity index (χ1n) is 5.98. The van der Waals surface area contributed by atoms with Crippen molar-refractivity contribution in [3.8, 4) is 0 Å². The van der Waals surface area contributed by atoms with E-state index in [9.17, 15) is 14.3 Å². The van der Waals surface area contributed by atoms with Crippen LogP contribution in [0, 0.1) is 12.7 Å². The maximum atomic E-state index is 13.3. The number of rotatable bonds is 4. The summed E-state index contributed by atoms with van der Waals surface area (Å²) in [6.07, 6.45) is 0. The number of aliphatic carboxylic acids is 1. The van der Waals surface area contributed by atoms with E-state index in [1.165, 1.54) is 12.1 Å². The van der Waals surface area contributed by atoms with E-state index in [0.717, 1.165) is 10.0 Å². The van der Waals surface area contributed by atoms with Gasteiger partial charge < -0.3 is 10.4 Å². The van der Waals surface area contributed by atoms with Crippen molar-refractivity contribution in [1.82, 2.24) is 0 Å². The van der Waals surface area contributed by atoms with Crippen LogP contribution in [0.3, 0.4) is 0 Å². The minimum atomic E-state index is -1.02. The summed E-state index contributed by atoms with van der Waals surface area (Å²) < 4.78 is 14.2. The Kier molecular flexibility index (Phi) is 4.39. The molecule has 0 fully saturated rings. The van der Waals surface area contributed by atoms with E-state index >= 15 is 0 Å². The summed E-state index contributed by atoms with van der Waals surface area (Å²) in [6.45, 7) is 1.75. The molecule has 2 aromatic rings. The van der Waals surface area contributed by atoms with Crippen molar-refractivity contribution in [1.29, 1.82) is 0 Å². The molecule has 2 aromatic carbocycles. The molecule has 1 atom stereocenters. The standard InChI is InChI=1S/C15H13BrFNO2/c1-9-6-12(17)8-13(7-9)18-14(15(19)20)10-2-4-11(16)5-3-10/h2-8,14,18H,1H3,(H,19,20). The molecule has 0 amide bonds. The van der Waals surface area contributed by atoms with Gasteiger partial charge in [-0.05, 0) is 48.4 Å². The summed E-state index contributed by atoms with van der Waals surface area (Å²) in [5, 5.41) is 12.2. The topological polar surface area (TPSA) is 49.3 Å². The lowest BCUT2D eigenvalue weighted by Crippen LogP contribution is -2.20. The maximum absolute atomic E-state index is 13.3. The van der Waals surface area contributed by atoms with Crippen molar-refractivity contribution >= 4 is 27.6 Å². The van der Waals surface area contributed by atoms with Crippen molar-refractivity contribution < 1.29 is 14.3 Å². The fourth-order valence-electron chi connectivity index (χ4n) is 1.93. The van der Waals surface area contributed by atoms with Gasteiger partial charge in [0.2, 0.25) is 0 Å².